The molecule has 0 saturated carbocycles. The molecule has 6 heteroatoms. The van der Waals surface area contributed by atoms with Crippen LogP contribution in [-0.4, -0.2) is 64.4 Å². The van der Waals surface area contributed by atoms with Crippen molar-refractivity contribution in [2.45, 2.75) is 30.8 Å². The van der Waals surface area contributed by atoms with E-state index in [1.807, 2.05) is 23.7 Å². The van der Waals surface area contributed by atoms with Crippen LogP contribution >= 0.6 is 11.9 Å². The van der Waals surface area contributed by atoms with Gasteiger partial charge in [0.25, 0.3) is 0 Å². The van der Waals surface area contributed by atoms with Crippen LogP contribution in [0.4, 0.5) is 0 Å². The van der Waals surface area contributed by atoms with Gasteiger partial charge in [-0.05, 0) is 49.6 Å². The quantitative estimate of drug-likeness (QED) is 0.792. The Kier molecular flexibility index (Phi) is 4.19. The van der Waals surface area contributed by atoms with Crippen molar-refractivity contribution in [2.75, 3.05) is 39.4 Å². The molecule has 0 radical (unpaired) electrons. The van der Waals surface area contributed by atoms with Gasteiger partial charge in [0.15, 0.2) is 0 Å². The molecule has 2 unspecified atom stereocenters. The maximum atomic E-state index is 5.50. The molecule has 4 rings (SSSR count). The zero-order valence-electron chi connectivity index (χ0n) is 13.6. The average molecular weight is 322 g/mol. The van der Waals surface area contributed by atoms with Gasteiger partial charge in [-0.15, -0.1) is 0 Å². The molecule has 0 aromatic carbocycles. The lowest BCUT2D eigenvalue weighted by Gasteiger charge is -2.32. The van der Waals surface area contributed by atoms with E-state index in [9.17, 15) is 0 Å². The van der Waals surface area contributed by atoms with Gasteiger partial charge in [-0.2, -0.15) is 5.10 Å². The molecular weight excluding hydrogens is 296 g/mol. The number of hydrogen-bond donors (Lipinski definition) is 0. The van der Waals surface area contributed by atoms with Gasteiger partial charge >= 0.3 is 0 Å². The lowest BCUT2D eigenvalue weighted by atomic mass is 10.0. The molecule has 0 bridgehead atoms. The molecule has 3 fully saturated rings. The van der Waals surface area contributed by atoms with Crippen molar-refractivity contribution >= 4 is 11.9 Å². The summed E-state index contributed by atoms with van der Waals surface area (Å²) in [5.74, 6) is 1.70. The number of likely N-dealkylation sites (tertiary alicyclic amines) is 1. The third kappa shape index (κ3) is 2.94. The minimum Gasteiger partial charge on any atom is -0.381 e. The smallest absolute Gasteiger partial charge is 0.109 e. The molecule has 22 heavy (non-hydrogen) atoms. The Bertz CT molecular complexity index is 514. The van der Waals surface area contributed by atoms with Crippen molar-refractivity contribution in [1.82, 2.24) is 19.0 Å². The summed E-state index contributed by atoms with van der Waals surface area (Å²) in [6.07, 6.45) is 2.46. The summed E-state index contributed by atoms with van der Waals surface area (Å²) in [5.41, 5.74) is 1.11. The summed E-state index contributed by atoms with van der Waals surface area (Å²) in [6.45, 7) is 9.00. The molecule has 0 aliphatic carbocycles. The second kappa shape index (κ2) is 6.15. The molecule has 4 heterocycles. The molecule has 0 amide bonds. The van der Waals surface area contributed by atoms with E-state index in [4.69, 9.17) is 4.74 Å². The Morgan fingerprint density at radius 2 is 1.82 bits per heavy atom. The predicted octanol–water partition coefficient (Wildman–Crippen LogP) is 1.78. The van der Waals surface area contributed by atoms with E-state index >= 15 is 0 Å². The SMILES string of the molecule is Cc1cc(SN2CC3CN(C4CCOCC4)CC3C2)n(C)n1. The molecule has 3 aliphatic heterocycles. The highest BCUT2D eigenvalue weighted by Gasteiger charge is 2.42. The lowest BCUT2D eigenvalue weighted by Crippen LogP contribution is -2.39. The Hall–Kier alpha value is -0.560. The van der Waals surface area contributed by atoms with Gasteiger partial charge in [-0.3, -0.25) is 9.58 Å². The molecule has 3 saturated heterocycles. The van der Waals surface area contributed by atoms with E-state index in [0.717, 1.165) is 36.8 Å². The van der Waals surface area contributed by atoms with Crippen molar-refractivity contribution in [2.24, 2.45) is 18.9 Å². The maximum absolute atomic E-state index is 5.50. The third-order valence-corrected chi connectivity index (χ3v) is 6.50. The third-order valence-electron chi connectivity index (χ3n) is 5.37. The number of ether oxygens (including phenoxy) is 1. The lowest BCUT2D eigenvalue weighted by molar-refractivity contribution is 0.0394. The van der Waals surface area contributed by atoms with Crippen molar-refractivity contribution in [1.29, 1.82) is 0 Å². The minimum absolute atomic E-state index is 0.778. The highest BCUT2D eigenvalue weighted by molar-refractivity contribution is 7.97. The molecular formula is C16H26N4OS. The summed E-state index contributed by atoms with van der Waals surface area (Å²) < 4.78 is 10.1. The molecule has 1 aromatic heterocycles. The Labute approximate surface area is 137 Å². The molecule has 2 atom stereocenters. The van der Waals surface area contributed by atoms with Crippen LogP contribution in [0.15, 0.2) is 11.1 Å². The van der Waals surface area contributed by atoms with Crippen LogP contribution in [-0.2, 0) is 11.8 Å². The zero-order valence-corrected chi connectivity index (χ0v) is 14.4. The first-order valence-corrected chi connectivity index (χ1v) is 9.22. The van der Waals surface area contributed by atoms with E-state index in [-0.39, 0.29) is 0 Å². The topological polar surface area (TPSA) is 33.5 Å². The number of fused-ring (bicyclic) bond motifs is 1. The first-order chi connectivity index (χ1) is 10.7. The first kappa shape index (κ1) is 15.0. The van der Waals surface area contributed by atoms with E-state index in [0.29, 0.717) is 0 Å². The van der Waals surface area contributed by atoms with Crippen LogP contribution in [0.1, 0.15) is 18.5 Å². The summed E-state index contributed by atoms with van der Waals surface area (Å²) in [6, 6.07) is 2.97. The summed E-state index contributed by atoms with van der Waals surface area (Å²) in [5, 5.41) is 5.71. The van der Waals surface area contributed by atoms with Crippen LogP contribution in [0, 0.1) is 18.8 Å². The number of nitrogens with zero attached hydrogens (tertiary/aromatic N) is 4. The number of aryl methyl sites for hydroxylation is 2. The van der Waals surface area contributed by atoms with Crippen molar-refractivity contribution in [3.05, 3.63) is 11.8 Å². The Balaban J connectivity index is 1.32. The van der Waals surface area contributed by atoms with E-state index in [2.05, 4.69) is 27.3 Å². The predicted molar refractivity (Wildman–Crippen MR) is 87.8 cm³/mol. The fraction of sp³-hybridized carbons (Fsp3) is 0.812. The van der Waals surface area contributed by atoms with Gasteiger partial charge in [-0.1, -0.05) is 0 Å². The molecule has 3 aliphatic rings. The number of hydrogen-bond acceptors (Lipinski definition) is 5. The van der Waals surface area contributed by atoms with Crippen LogP contribution < -0.4 is 0 Å². The second-order valence-corrected chi connectivity index (χ2v) is 8.12. The van der Waals surface area contributed by atoms with Crippen LogP contribution in [0.25, 0.3) is 0 Å². The fourth-order valence-corrected chi connectivity index (χ4v) is 5.39. The van der Waals surface area contributed by atoms with Gasteiger partial charge in [-0.25, -0.2) is 4.31 Å². The number of aromatic nitrogens is 2. The Morgan fingerprint density at radius 3 is 2.41 bits per heavy atom. The summed E-state index contributed by atoms with van der Waals surface area (Å²) in [7, 11) is 2.04. The van der Waals surface area contributed by atoms with E-state index in [1.165, 1.54) is 44.0 Å². The van der Waals surface area contributed by atoms with Gasteiger partial charge < -0.3 is 4.74 Å². The first-order valence-electron chi connectivity index (χ1n) is 8.44. The molecule has 0 spiro atoms. The van der Waals surface area contributed by atoms with Crippen LogP contribution in [0.2, 0.25) is 0 Å². The van der Waals surface area contributed by atoms with Gasteiger partial charge in [0.05, 0.1) is 5.69 Å². The van der Waals surface area contributed by atoms with Crippen molar-refractivity contribution < 1.29 is 4.74 Å². The van der Waals surface area contributed by atoms with Gasteiger partial charge in [0.1, 0.15) is 5.03 Å². The monoisotopic (exact) mass is 322 g/mol. The maximum Gasteiger partial charge on any atom is 0.109 e. The Morgan fingerprint density at radius 1 is 1.14 bits per heavy atom. The zero-order chi connectivity index (χ0) is 15.1. The molecule has 122 valence electrons. The highest BCUT2D eigenvalue weighted by atomic mass is 32.2. The minimum atomic E-state index is 0.778. The number of rotatable bonds is 3. The molecule has 0 N–H and O–H groups in total. The highest BCUT2D eigenvalue weighted by Crippen LogP contribution is 2.38. The molecule has 1 aromatic rings. The largest absolute Gasteiger partial charge is 0.381 e. The standard InChI is InChI=1S/C16H26N4OS/c1-12-7-16(18(2)17-12)22-20-10-13-8-19(9-14(13)11-20)15-3-5-21-6-4-15/h7,13-15H,3-6,8-11H2,1-2H3. The second-order valence-electron chi connectivity index (χ2n) is 7.00. The van der Waals surface area contributed by atoms with E-state index in [1.54, 1.807) is 0 Å². The molecule has 5 nitrogen and oxygen atoms in total. The van der Waals surface area contributed by atoms with Crippen LogP contribution in [0.5, 0.6) is 0 Å². The van der Waals surface area contributed by atoms with Gasteiger partial charge in [0.2, 0.25) is 0 Å². The summed E-state index contributed by atoms with van der Waals surface area (Å²) in [4.78, 5) is 2.74. The van der Waals surface area contributed by atoms with Crippen molar-refractivity contribution in [3.8, 4) is 0 Å². The fourth-order valence-electron chi connectivity index (χ4n) is 4.21. The van der Waals surface area contributed by atoms with Crippen LogP contribution in [0.3, 0.4) is 0 Å². The van der Waals surface area contributed by atoms with E-state index < -0.39 is 0 Å². The summed E-state index contributed by atoms with van der Waals surface area (Å²) >= 11 is 1.89. The average Bonchev–Trinajstić information content (AvgIpc) is 3.14. The normalized spacial score (nSPS) is 31.0. The van der Waals surface area contributed by atoms with Crippen molar-refractivity contribution in [3.63, 3.8) is 0 Å². The van der Waals surface area contributed by atoms with Gasteiger partial charge in [0, 0.05) is 52.5 Å².